The highest BCUT2D eigenvalue weighted by Crippen LogP contribution is 2.35. The number of hydrogen-bond acceptors (Lipinski definition) is 2. The van der Waals surface area contributed by atoms with Crippen LogP contribution >= 0.6 is 0 Å². The first-order valence-electron chi connectivity index (χ1n) is 8.52. The lowest BCUT2D eigenvalue weighted by Crippen LogP contribution is -2.58. The van der Waals surface area contributed by atoms with Crippen molar-refractivity contribution < 1.29 is 0 Å². The van der Waals surface area contributed by atoms with E-state index < -0.39 is 0 Å². The van der Waals surface area contributed by atoms with Gasteiger partial charge in [-0.25, -0.2) is 0 Å². The number of unbranched alkanes of at least 4 members (excludes halogenated alkanes) is 3. The van der Waals surface area contributed by atoms with Gasteiger partial charge in [0.1, 0.15) is 0 Å². The predicted octanol–water partition coefficient (Wildman–Crippen LogP) is 4.20. The molecule has 0 saturated heterocycles. The lowest BCUT2D eigenvalue weighted by Gasteiger charge is -2.46. The Bertz CT molecular complexity index is 217. The van der Waals surface area contributed by atoms with Gasteiger partial charge in [0.2, 0.25) is 0 Å². The summed E-state index contributed by atoms with van der Waals surface area (Å²) < 4.78 is 0. The Balaban J connectivity index is 2.64. The average molecular weight is 268 g/mol. The molecule has 1 saturated carbocycles. The minimum absolute atomic E-state index is 0.400. The minimum Gasteiger partial charge on any atom is -0.315 e. The van der Waals surface area contributed by atoms with Gasteiger partial charge in [-0.1, -0.05) is 58.3 Å². The Kier molecular flexibility index (Phi) is 8.01. The molecule has 114 valence electrons. The highest BCUT2D eigenvalue weighted by molar-refractivity contribution is 4.99. The molecule has 0 spiro atoms. The molecule has 19 heavy (non-hydrogen) atoms. The van der Waals surface area contributed by atoms with Gasteiger partial charge in [-0.3, -0.25) is 0 Å². The summed E-state index contributed by atoms with van der Waals surface area (Å²) in [5, 5.41) is 3.66. The maximum atomic E-state index is 3.66. The molecular formula is C17H36N2. The molecule has 1 unspecified atom stereocenters. The van der Waals surface area contributed by atoms with E-state index in [2.05, 4.69) is 38.3 Å². The van der Waals surface area contributed by atoms with Crippen molar-refractivity contribution in [2.75, 3.05) is 21.1 Å². The Hall–Kier alpha value is -0.0800. The van der Waals surface area contributed by atoms with Crippen molar-refractivity contribution in [3.63, 3.8) is 0 Å². The Morgan fingerprint density at radius 2 is 1.63 bits per heavy atom. The largest absolute Gasteiger partial charge is 0.315 e. The number of hydrogen-bond donors (Lipinski definition) is 1. The lowest BCUT2D eigenvalue weighted by molar-refractivity contribution is 0.0784. The predicted molar refractivity (Wildman–Crippen MR) is 85.7 cm³/mol. The van der Waals surface area contributed by atoms with Gasteiger partial charge in [-0.15, -0.1) is 0 Å². The first-order valence-corrected chi connectivity index (χ1v) is 8.52. The van der Waals surface area contributed by atoms with Gasteiger partial charge in [-0.2, -0.15) is 0 Å². The molecule has 1 aliphatic rings. The second-order valence-electron chi connectivity index (χ2n) is 6.60. The maximum absolute atomic E-state index is 3.66. The smallest absolute Gasteiger partial charge is 0.0356 e. The molecule has 2 nitrogen and oxygen atoms in total. The summed E-state index contributed by atoms with van der Waals surface area (Å²) >= 11 is 0. The fourth-order valence-electron chi connectivity index (χ4n) is 3.91. The van der Waals surface area contributed by atoms with Crippen LogP contribution in [0.5, 0.6) is 0 Å². The number of likely N-dealkylation sites (N-methyl/N-ethyl adjacent to an activating group) is 2. The summed E-state index contributed by atoms with van der Waals surface area (Å²) in [6, 6.07) is 0.664. The van der Waals surface area contributed by atoms with E-state index in [-0.39, 0.29) is 0 Å². The van der Waals surface area contributed by atoms with Gasteiger partial charge in [0.25, 0.3) is 0 Å². The summed E-state index contributed by atoms with van der Waals surface area (Å²) in [6.45, 7) is 2.29. The van der Waals surface area contributed by atoms with Crippen LogP contribution in [0.4, 0.5) is 0 Å². The molecule has 0 radical (unpaired) electrons. The molecule has 0 aromatic carbocycles. The van der Waals surface area contributed by atoms with E-state index in [1.165, 1.54) is 70.6 Å². The SMILES string of the molecule is CCCCCCC(NC)C1(N(C)C)CCCCCC1. The Morgan fingerprint density at radius 1 is 1.00 bits per heavy atom. The van der Waals surface area contributed by atoms with Gasteiger partial charge in [0.15, 0.2) is 0 Å². The first-order chi connectivity index (χ1) is 9.17. The molecule has 0 heterocycles. The van der Waals surface area contributed by atoms with Crippen molar-refractivity contribution in [1.29, 1.82) is 0 Å². The molecule has 0 aromatic rings. The molecular weight excluding hydrogens is 232 g/mol. The van der Waals surface area contributed by atoms with Crippen LogP contribution in [-0.4, -0.2) is 37.6 Å². The topological polar surface area (TPSA) is 15.3 Å². The third-order valence-electron chi connectivity index (χ3n) is 5.20. The summed E-state index contributed by atoms with van der Waals surface area (Å²) in [6.07, 6.45) is 15.3. The minimum atomic E-state index is 0.400. The summed E-state index contributed by atoms with van der Waals surface area (Å²) in [4.78, 5) is 2.53. The zero-order valence-corrected chi connectivity index (χ0v) is 13.8. The van der Waals surface area contributed by atoms with E-state index in [4.69, 9.17) is 0 Å². The van der Waals surface area contributed by atoms with E-state index >= 15 is 0 Å². The highest BCUT2D eigenvalue weighted by Gasteiger charge is 2.39. The molecule has 0 aliphatic heterocycles. The van der Waals surface area contributed by atoms with Crippen molar-refractivity contribution in [3.8, 4) is 0 Å². The van der Waals surface area contributed by atoms with Gasteiger partial charge < -0.3 is 10.2 Å². The van der Waals surface area contributed by atoms with E-state index in [0.717, 1.165) is 0 Å². The number of nitrogens with zero attached hydrogens (tertiary/aromatic N) is 1. The molecule has 1 N–H and O–H groups in total. The molecule has 1 atom stereocenters. The molecule has 0 bridgehead atoms. The molecule has 1 aliphatic carbocycles. The summed E-state index contributed by atoms with van der Waals surface area (Å²) in [7, 11) is 6.75. The van der Waals surface area contributed by atoms with E-state index in [9.17, 15) is 0 Å². The van der Waals surface area contributed by atoms with Gasteiger partial charge >= 0.3 is 0 Å². The van der Waals surface area contributed by atoms with Gasteiger partial charge in [-0.05, 0) is 40.4 Å². The van der Waals surface area contributed by atoms with Gasteiger partial charge in [0, 0.05) is 11.6 Å². The second-order valence-corrected chi connectivity index (χ2v) is 6.60. The second kappa shape index (κ2) is 8.97. The third kappa shape index (κ3) is 4.75. The third-order valence-corrected chi connectivity index (χ3v) is 5.20. The van der Waals surface area contributed by atoms with Crippen molar-refractivity contribution >= 4 is 0 Å². The van der Waals surface area contributed by atoms with Crippen LogP contribution < -0.4 is 5.32 Å². The average Bonchev–Trinajstić information content (AvgIpc) is 2.65. The maximum Gasteiger partial charge on any atom is 0.0356 e. The molecule has 2 heteroatoms. The van der Waals surface area contributed by atoms with Crippen molar-refractivity contribution in [1.82, 2.24) is 10.2 Å². The fourth-order valence-corrected chi connectivity index (χ4v) is 3.91. The van der Waals surface area contributed by atoms with Crippen LogP contribution in [0.2, 0.25) is 0 Å². The Morgan fingerprint density at radius 3 is 2.11 bits per heavy atom. The van der Waals surface area contributed by atoms with E-state index in [0.29, 0.717) is 11.6 Å². The van der Waals surface area contributed by atoms with Crippen LogP contribution in [0.1, 0.15) is 77.6 Å². The van der Waals surface area contributed by atoms with E-state index in [1.807, 2.05) is 0 Å². The monoisotopic (exact) mass is 268 g/mol. The van der Waals surface area contributed by atoms with Crippen molar-refractivity contribution in [3.05, 3.63) is 0 Å². The van der Waals surface area contributed by atoms with E-state index in [1.54, 1.807) is 0 Å². The van der Waals surface area contributed by atoms with Crippen LogP contribution in [0, 0.1) is 0 Å². The molecule has 1 rings (SSSR count). The van der Waals surface area contributed by atoms with Gasteiger partial charge in [0.05, 0.1) is 0 Å². The summed E-state index contributed by atoms with van der Waals surface area (Å²) in [5.41, 5.74) is 0.400. The highest BCUT2D eigenvalue weighted by atomic mass is 15.2. The number of rotatable bonds is 8. The molecule has 0 aromatic heterocycles. The zero-order valence-electron chi connectivity index (χ0n) is 13.8. The zero-order chi connectivity index (χ0) is 14.1. The molecule has 0 amide bonds. The lowest BCUT2D eigenvalue weighted by atomic mass is 9.79. The van der Waals surface area contributed by atoms with Crippen LogP contribution in [0.3, 0.4) is 0 Å². The summed E-state index contributed by atoms with van der Waals surface area (Å²) in [5.74, 6) is 0. The normalized spacial score (nSPS) is 21.3. The standard InChI is InChI=1S/C17H36N2/c1-5-6-7-10-13-16(18-2)17(19(3)4)14-11-8-9-12-15-17/h16,18H,5-15H2,1-4H3. The van der Waals surface area contributed by atoms with Crippen molar-refractivity contribution in [2.45, 2.75) is 89.1 Å². The number of nitrogens with one attached hydrogen (secondary N) is 1. The quantitative estimate of drug-likeness (QED) is 0.524. The molecule has 1 fully saturated rings. The van der Waals surface area contributed by atoms with Crippen LogP contribution in [0.25, 0.3) is 0 Å². The fraction of sp³-hybridized carbons (Fsp3) is 1.00. The van der Waals surface area contributed by atoms with Crippen molar-refractivity contribution in [2.24, 2.45) is 0 Å². The Labute approximate surface area is 121 Å². The van der Waals surface area contributed by atoms with Crippen LogP contribution in [-0.2, 0) is 0 Å². The first kappa shape index (κ1) is 17.0. The van der Waals surface area contributed by atoms with Crippen LogP contribution in [0.15, 0.2) is 0 Å².